The number of carbonyl (C=O) groups is 2. The van der Waals surface area contributed by atoms with Gasteiger partial charge in [0.05, 0.1) is 4.88 Å². The van der Waals surface area contributed by atoms with E-state index in [2.05, 4.69) is 10.4 Å². The summed E-state index contributed by atoms with van der Waals surface area (Å²) in [5.41, 5.74) is -0.835. The second-order valence-electron chi connectivity index (χ2n) is 5.92. The molecule has 2 aromatic heterocycles. The van der Waals surface area contributed by atoms with Gasteiger partial charge in [0.25, 0.3) is 5.91 Å². The lowest BCUT2D eigenvalue weighted by Crippen LogP contribution is -2.27. The summed E-state index contributed by atoms with van der Waals surface area (Å²) in [6.07, 6.45) is -3.29. The third kappa shape index (κ3) is 4.72. The molecule has 10 heteroatoms. The van der Waals surface area contributed by atoms with E-state index in [-0.39, 0.29) is 11.4 Å². The molecule has 0 aliphatic carbocycles. The van der Waals surface area contributed by atoms with E-state index >= 15 is 0 Å². The van der Waals surface area contributed by atoms with E-state index in [1.165, 1.54) is 31.3 Å². The molecule has 29 heavy (non-hydrogen) atoms. The van der Waals surface area contributed by atoms with Crippen molar-refractivity contribution in [1.82, 2.24) is 15.1 Å². The van der Waals surface area contributed by atoms with Crippen LogP contribution in [0.25, 0.3) is 16.6 Å². The molecular formula is C19H14F3N3O3S. The second kappa shape index (κ2) is 7.92. The molecule has 1 aromatic carbocycles. The number of aryl methyl sites for hydroxylation is 1. The average molecular weight is 421 g/mol. The number of thiophene rings is 1. The van der Waals surface area contributed by atoms with Gasteiger partial charge in [0.2, 0.25) is 0 Å². The zero-order valence-electron chi connectivity index (χ0n) is 14.9. The minimum absolute atomic E-state index is 0.120. The van der Waals surface area contributed by atoms with Crippen molar-refractivity contribution >= 4 is 29.3 Å². The van der Waals surface area contributed by atoms with Gasteiger partial charge in [-0.1, -0.05) is 18.2 Å². The minimum Gasteiger partial charge on any atom is -0.477 e. The highest BCUT2D eigenvalue weighted by Gasteiger charge is 2.35. The maximum absolute atomic E-state index is 12.9. The highest BCUT2D eigenvalue weighted by Crippen LogP contribution is 2.34. The molecule has 2 heterocycles. The zero-order chi connectivity index (χ0) is 21.2. The van der Waals surface area contributed by atoms with Crippen molar-refractivity contribution in [2.75, 3.05) is 0 Å². The smallest absolute Gasteiger partial charge is 0.433 e. The van der Waals surface area contributed by atoms with Crippen LogP contribution in [0, 0.1) is 0 Å². The van der Waals surface area contributed by atoms with Gasteiger partial charge >= 0.3 is 12.1 Å². The van der Waals surface area contributed by atoms with Crippen molar-refractivity contribution in [2.45, 2.75) is 6.18 Å². The van der Waals surface area contributed by atoms with Crippen LogP contribution in [0.5, 0.6) is 0 Å². The van der Waals surface area contributed by atoms with Gasteiger partial charge in [0.15, 0.2) is 0 Å². The molecule has 0 saturated heterocycles. The molecule has 3 aromatic rings. The normalized spacial score (nSPS) is 12.1. The van der Waals surface area contributed by atoms with Crippen molar-refractivity contribution in [1.29, 1.82) is 0 Å². The number of carbonyl (C=O) groups excluding carboxylic acids is 1. The first kappa shape index (κ1) is 20.3. The van der Waals surface area contributed by atoms with E-state index in [0.29, 0.717) is 15.3 Å². The maximum Gasteiger partial charge on any atom is 0.433 e. The van der Waals surface area contributed by atoms with Crippen LogP contribution < -0.4 is 5.32 Å². The van der Waals surface area contributed by atoms with Gasteiger partial charge in [0.1, 0.15) is 17.1 Å². The first-order valence-electron chi connectivity index (χ1n) is 8.18. The summed E-state index contributed by atoms with van der Waals surface area (Å²) < 4.78 is 39.5. The standard InChI is InChI=1S/C19H14F3N3O3S/c1-25-16(19(20,21)22)10-13(24-25)15-8-7-12(29-15)9-14(18(27)28)23-17(26)11-5-3-2-4-6-11/h2-10H,1H3,(H,23,26)(H,27,28)/b14-9+. The molecule has 1 amide bonds. The summed E-state index contributed by atoms with van der Waals surface area (Å²) in [5, 5.41) is 15.6. The number of aromatic nitrogens is 2. The molecule has 2 N–H and O–H groups in total. The summed E-state index contributed by atoms with van der Waals surface area (Å²) >= 11 is 1.05. The maximum atomic E-state index is 12.9. The van der Waals surface area contributed by atoms with Crippen LogP contribution in [0.3, 0.4) is 0 Å². The molecule has 0 aliphatic rings. The monoisotopic (exact) mass is 421 g/mol. The zero-order valence-corrected chi connectivity index (χ0v) is 15.7. The third-order valence-electron chi connectivity index (χ3n) is 3.85. The van der Waals surface area contributed by atoms with Gasteiger partial charge in [0, 0.05) is 17.5 Å². The lowest BCUT2D eigenvalue weighted by molar-refractivity contribution is -0.143. The number of halogens is 3. The van der Waals surface area contributed by atoms with Crippen molar-refractivity contribution in [3.63, 3.8) is 0 Å². The Hall–Kier alpha value is -3.40. The lowest BCUT2D eigenvalue weighted by atomic mass is 10.2. The van der Waals surface area contributed by atoms with Crippen molar-refractivity contribution in [3.8, 4) is 10.6 Å². The molecule has 0 aliphatic heterocycles. The van der Waals surface area contributed by atoms with Crippen molar-refractivity contribution in [2.24, 2.45) is 7.05 Å². The van der Waals surface area contributed by atoms with Gasteiger partial charge in [-0.05, 0) is 36.4 Å². The van der Waals surface area contributed by atoms with Crippen LogP contribution in [0.1, 0.15) is 20.9 Å². The molecule has 6 nitrogen and oxygen atoms in total. The van der Waals surface area contributed by atoms with Crippen LogP contribution in [0.4, 0.5) is 13.2 Å². The van der Waals surface area contributed by atoms with Crippen LogP contribution in [0.15, 0.2) is 54.2 Å². The van der Waals surface area contributed by atoms with E-state index < -0.39 is 23.7 Å². The molecular weight excluding hydrogens is 407 g/mol. The number of rotatable bonds is 5. The summed E-state index contributed by atoms with van der Waals surface area (Å²) in [6.45, 7) is 0. The highest BCUT2D eigenvalue weighted by atomic mass is 32.1. The van der Waals surface area contributed by atoms with Crippen LogP contribution >= 0.6 is 11.3 Å². The third-order valence-corrected chi connectivity index (χ3v) is 4.91. The number of hydrogen-bond acceptors (Lipinski definition) is 4. The van der Waals surface area contributed by atoms with Crippen LogP contribution in [-0.4, -0.2) is 26.8 Å². The van der Waals surface area contributed by atoms with Crippen LogP contribution in [-0.2, 0) is 18.0 Å². The lowest BCUT2D eigenvalue weighted by Gasteiger charge is -2.05. The Morgan fingerprint density at radius 1 is 1.17 bits per heavy atom. The topological polar surface area (TPSA) is 84.2 Å². The Morgan fingerprint density at radius 2 is 1.86 bits per heavy atom. The number of benzene rings is 1. The fraction of sp³-hybridized carbons (Fsp3) is 0.105. The number of amides is 1. The number of aliphatic carboxylic acids is 1. The fourth-order valence-corrected chi connectivity index (χ4v) is 3.41. The van der Waals surface area contributed by atoms with E-state index in [4.69, 9.17) is 0 Å². The predicted octanol–water partition coefficient (Wildman–Crippen LogP) is 4.02. The molecule has 0 bridgehead atoms. The molecule has 0 saturated carbocycles. The predicted molar refractivity (Wildman–Crippen MR) is 101 cm³/mol. The molecule has 0 fully saturated rings. The second-order valence-corrected chi connectivity index (χ2v) is 7.04. The molecule has 0 atom stereocenters. The molecule has 150 valence electrons. The summed E-state index contributed by atoms with van der Waals surface area (Å²) in [7, 11) is 1.20. The minimum atomic E-state index is -4.53. The highest BCUT2D eigenvalue weighted by molar-refractivity contribution is 7.16. The summed E-state index contributed by atoms with van der Waals surface area (Å²) in [4.78, 5) is 24.5. The summed E-state index contributed by atoms with van der Waals surface area (Å²) in [5.74, 6) is -1.93. The number of carboxylic acids is 1. The first-order chi connectivity index (χ1) is 13.6. The Bertz CT molecular complexity index is 1090. The Labute approximate surface area is 166 Å². The van der Waals surface area contributed by atoms with Gasteiger partial charge in [-0.3, -0.25) is 9.48 Å². The first-order valence-corrected chi connectivity index (χ1v) is 8.99. The number of nitrogens with one attached hydrogen (secondary N) is 1. The van der Waals surface area contributed by atoms with E-state index in [0.717, 1.165) is 22.1 Å². The van der Waals surface area contributed by atoms with Gasteiger partial charge in [-0.15, -0.1) is 11.3 Å². The molecule has 3 rings (SSSR count). The van der Waals surface area contributed by atoms with Gasteiger partial charge in [-0.25, -0.2) is 4.79 Å². The van der Waals surface area contributed by atoms with Gasteiger partial charge in [-0.2, -0.15) is 18.3 Å². The SMILES string of the molecule is Cn1nc(-c2ccc(/C=C(/NC(=O)c3ccccc3)C(=O)O)s2)cc1C(F)(F)F. The molecule has 0 spiro atoms. The average Bonchev–Trinajstić information content (AvgIpc) is 3.28. The molecule has 0 unspecified atom stereocenters. The van der Waals surface area contributed by atoms with E-state index in [9.17, 15) is 27.9 Å². The number of hydrogen-bond donors (Lipinski definition) is 2. The number of alkyl halides is 3. The Balaban J connectivity index is 1.85. The Morgan fingerprint density at radius 3 is 2.45 bits per heavy atom. The van der Waals surface area contributed by atoms with E-state index in [1.807, 2.05) is 0 Å². The van der Waals surface area contributed by atoms with E-state index in [1.54, 1.807) is 24.3 Å². The fourth-order valence-electron chi connectivity index (χ4n) is 2.50. The summed E-state index contributed by atoms with van der Waals surface area (Å²) in [6, 6.07) is 12.1. The molecule has 0 radical (unpaired) electrons. The van der Waals surface area contributed by atoms with Crippen molar-refractivity contribution < 1.29 is 27.9 Å². The number of carboxylic acid groups (broad SMARTS) is 1. The largest absolute Gasteiger partial charge is 0.477 e. The van der Waals surface area contributed by atoms with Crippen molar-refractivity contribution in [3.05, 3.63) is 70.4 Å². The quantitative estimate of drug-likeness (QED) is 0.610. The van der Waals surface area contributed by atoms with Crippen LogP contribution in [0.2, 0.25) is 0 Å². The Kier molecular flexibility index (Phi) is 5.55. The van der Waals surface area contributed by atoms with Gasteiger partial charge < -0.3 is 10.4 Å². The number of nitrogens with zero attached hydrogens (tertiary/aromatic N) is 2.